The van der Waals surface area contributed by atoms with Crippen LogP contribution in [-0.4, -0.2) is 36.4 Å². The Balaban J connectivity index is 1.59. The summed E-state index contributed by atoms with van der Waals surface area (Å²) < 4.78 is 0. The summed E-state index contributed by atoms with van der Waals surface area (Å²) in [4.78, 5) is 33.7. The first-order valence-corrected chi connectivity index (χ1v) is 7.94. The third kappa shape index (κ3) is 2.85. The van der Waals surface area contributed by atoms with Crippen LogP contribution in [0.3, 0.4) is 0 Å². The molecular formula is C17H18N6O. The summed E-state index contributed by atoms with van der Waals surface area (Å²) in [6.45, 7) is 4.17. The fourth-order valence-electron chi connectivity index (χ4n) is 3.06. The van der Waals surface area contributed by atoms with E-state index in [0.717, 1.165) is 47.8 Å². The van der Waals surface area contributed by atoms with Crippen molar-refractivity contribution in [1.82, 2.24) is 29.8 Å². The van der Waals surface area contributed by atoms with Crippen LogP contribution in [0.5, 0.6) is 0 Å². The van der Waals surface area contributed by atoms with Gasteiger partial charge in [-0.15, -0.1) is 0 Å². The number of pyridine rings is 1. The molecule has 0 atom stereocenters. The smallest absolute Gasteiger partial charge is 0.255 e. The van der Waals surface area contributed by atoms with Crippen molar-refractivity contribution in [3.63, 3.8) is 0 Å². The molecule has 1 aliphatic rings. The van der Waals surface area contributed by atoms with E-state index in [1.807, 2.05) is 25.3 Å². The molecule has 2 N–H and O–H groups in total. The van der Waals surface area contributed by atoms with Crippen LogP contribution in [0.25, 0.3) is 11.4 Å². The Hall–Kier alpha value is -2.80. The number of imidazole rings is 1. The molecule has 0 spiro atoms. The Kier molecular flexibility index (Phi) is 3.70. The molecule has 0 radical (unpaired) electrons. The lowest BCUT2D eigenvalue weighted by molar-refractivity contribution is 0.239. The van der Waals surface area contributed by atoms with Crippen molar-refractivity contribution in [2.24, 2.45) is 0 Å². The van der Waals surface area contributed by atoms with E-state index in [2.05, 4.69) is 29.8 Å². The Bertz CT molecular complexity index is 914. The highest BCUT2D eigenvalue weighted by molar-refractivity contribution is 5.54. The fraction of sp³-hybridized carbons (Fsp3) is 0.294. The van der Waals surface area contributed by atoms with Crippen LogP contribution in [0.1, 0.15) is 22.8 Å². The van der Waals surface area contributed by atoms with E-state index >= 15 is 0 Å². The van der Waals surface area contributed by atoms with Gasteiger partial charge in [-0.1, -0.05) is 0 Å². The number of rotatable bonds is 3. The number of aromatic amines is 2. The summed E-state index contributed by atoms with van der Waals surface area (Å²) >= 11 is 0. The number of fused-ring (bicyclic) bond motifs is 1. The van der Waals surface area contributed by atoms with Crippen LogP contribution < -0.4 is 5.56 Å². The highest BCUT2D eigenvalue weighted by Gasteiger charge is 2.21. The average Bonchev–Trinajstić information content (AvgIpc) is 3.01. The van der Waals surface area contributed by atoms with Gasteiger partial charge in [-0.05, 0) is 19.1 Å². The molecule has 0 bridgehead atoms. The first-order valence-electron chi connectivity index (χ1n) is 7.94. The van der Waals surface area contributed by atoms with Gasteiger partial charge in [0.25, 0.3) is 5.56 Å². The van der Waals surface area contributed by atoms with E-state index in [1.165, 1.54) is 0 Å². The van der Waals surface area contributed by atoms with E-state index < -0.39 is 0 Å². The molecule has 0 unspecified atom stereocenters. The van der Waals surface area contributed by atoms with E-state index in [1.54, 1.807) is 12.4 Å². The van der Waals surface area contributed by atoms with Crippen LogP contribution in [-0.2, 0) is 19.5 Å². The lowest BCUT2D eigenvalue weighted by Gasteiger charge is -2.27. The number of hydrogen-bond donors (Lipinski definition) is 2. The quantitative estimate of drug-likeness (QED) is 0.761. The molecule has 3 aromatic heterocycles. The molecule has 0 aromatic carbocycles. The van der Waals surface area contributed by atoms with Crippen LogP contribution in [0.2, 0.25) is 0 Å². The molecule has 1 aliphatic heterocycles. The largest absolute Gasteiger partial charge is 0.345 e. The minimum atomic E-state index is -0.0581. The van der Waals surface area contributed by atoms with Crippen LogP contribution in [0, 0.1) is 6.92 Å². The van der Waals surface area contributed by atoms with Crippen molar-refractivity contribution in [1.29, 1.82) is 0 Å². The molecule has 0 saturated carbocycles. The molecule has 0 fully saturated rings. The van der Waals surface area contributed by atoms with Crippen molar-refractivity contribution in [2.45, 2.75) is 26.4 Å². The minimum absolute atomic E-state index is 0.0581. The molecule has 4 heterocycles. The van der Waals surface area contributed by atoms with Crippen molar-refractivity contribution in [3.05, 3.63) is 63.9 Å². The number of nitrogens with zero attached hydrogens (tertiary/aromatic N) is 4. The molecule has 7 nitrogen and oxygen atoms in total. The van der Waals surface area contributed by atoms with Gasteiger partial charge in [0.15, 0.2) is 0 Å². The standard InChI is InChI=1S/C17H18N6O/c1-11-19-8-13(20-11)9-23-7-4-15-14(10-23)17(24)22-16(21-15)12-2-5-18-6-3-12/h2-3,5-6,8H,4,7,9-10H2,1H3,(H,19,20)(H,21,22,24). The summed E-state index contributed by atoms with van der Waals surface area (Å²) in [6, 6.07) is 3.70. The zero-order valence-electron chi connectivity index (χ0n) is 13.4. The van der Waals surface area contributed by atoms with E-state index in [4.69, 9.17) is 0 Å². The molecule has 7 heteroatoms. The second kappa shape index (κ2) is 6.01. The fourth-order valence-corrected chi connectivity index (χ4v) is 3.06. The summed E-state index contributed by atoms with van der Waals surface area (Å²) in [6.07, 6.45) is 6.01. The van der Waals surface area contributed by atoms with E-state index in [0.29, 0.717) is 12.4 Å². The lowest BCUT2D eigenvalue weighted by atomic mass is 10.1. The van der Waals surface area contributed by atoms with Crippen LogP contribution >= 0.6 is 0 Å². The van der Waals surface area contributed by atoms with Gasteiger partial charge in [0.1, 0.15) is 11.6 Å². The van der Waals surface area contributed by atoms with Gasteiger partial charge >= 0.3 is 0 Å². The predicted octanol–water partition coefficient (Wildman–Crippen LogP) is 1.42. The first kappa shape index (κ1) is 14.8. The number of H-pyrrole nitrogens is 2. The monoisotopic (exact) mass is 322 g/mol. The van der Waals surface area contributed by atoms with Crippen LogP contribution in [0.15, 0.2) is 35.5 Å². The maximum absolute atomic E-state index is 12.5. The molecule has 0 amide bonds. The molecule has 0 saturated heterocycles. The van der Waals surface area contributed by atoms with E-state index in [9.17, 15) is 4.79 Å². The van der Waals surface area contributed by atoms with Gasteiger partial charge in [0, 0.05) is 55.9 Å². The maximum atomic E-state index is 12.5. The third-order valence-electron chi connectivity index (χ3n) is 4.25. The van der Waals surface area contributed by atoms with Crippen molar-refractivity contribution in [2.75, 3.05) is 6.54 Å². The normalized spacial score (nSPS) is 14.5. The van der Waals surface area contributed by atoms with Gasteiger partial charge in [0.2, 0.25) is 0 Å². The summed E-state index contributed by atoms with van der Waals surface area (Å²) in [5.74, 6) is 1.52. The molecule has 4 rings (SSSR count). The zero-order chi connectivity index (χ0) is 16.5. The summed E-state index contributed by atoms with van der Waals surface area (Å²) in [5, 5.41) is 0. The molecule has 0 aliphatic carbocycles. The van der Waals surface area contributed by atoms with Gasteiger partial charge < -0.3 is 9.97 Å². The molecule has 3 aromatic rings. The second-order valence-corrected chi connectivity index (χ2v) is 6.03. The number of nitrogens with one attached hydrogen (secondary N) is 2. The minimum Gasteiger partial charge on any atom is -0.345 e. The number of aryl methyl sites for hydroxylation is 1. The van der Waals surface area contributed by atoms with E-state index in [-0.39, 0.29) is 5.56 Å². The summed E-state index contributed by atoms with van der Waals surface area (Å²) in [5.41, 5.74) is 3.53. The zero-order valence-corrected chi connectivity index (χ0v) is 13.4. The van der Waals surface area contributed by atoms with Crippen LogP contribution in [0.4, 0.5) is 0 Å². The summed E-state index contributed by atoms with van der Waals surface area (Å²) in [7, 11) is 0. The van der Waals surface area contributed by atoms with Gasteiger partial charge in [-0.25, -0.2) is 9.97 Å². The van der Waals surface area contributed by atoms with Gasteiger partial charge in [-0.3, -0.25) is 14.7 Å². The number of hydrogen-bond acceptors (Lipinski definition) is 5. The SMILES string of the molecule is Cc1ncc(CN2CCc3nc(-c4ccncc4)[nH]c(=O)c3C2)[nH]1. The van der Waals surface area contributed by atoms with Crippen molar-refractivity contribution in [3.8, 4) is 11.4 Å². The Morgan fingerprint density at radius 1 is 1.25 bits per heavy atom. The van der Waals surface area contributed by atoms with Crippen molar-refractivity contribution < 1.29 is 0 Å². The Labute approximate surface area is 138 Å². The highest BCUT2D eigenvalue weighted by atomic mass is 16.1. The Morgan fingerprint density at radius 2 is 2.08 bits per heavy atom. The maximum Gasteiger partial charge on any atom is 0.255 e. The first-order chi connectivity index (χ1) is 11.7. The third-order valence-corrected chi connectivity index (χ3v) is 4.25. The molecule has 24 heavy (non-hydrogen) atoms. The predicted molar refractivity (Wildman–Crippen MR) is 89.2 cm³/mol. The van der Waals surface area contributed by atoms with Gasteiger partial charge in [0.05, 0.1) is 11.3 Å². The molecule has 122 valence electrons. The highest BCUT2D eigenvalue weighted by Crippen LogP contribution is 2.19. The molecular weight excluding hydrogens is 304 g/mol. The lowest BCUT2D eigenvalue weighted by Crippen LogP contribution is -2.35. The van der Waals surface area contributed by atoms with Gasteiger partial charge in [-0.2, -0.15) is 0 Å². The second-order valence-electron chi connectivity index (χ2n) is 6.03. The number of aromatic nitrogens is 5. The van der Waals surface area contributed by atoms with Crippen molar-refractivity contribution >= 4 is 0 Å². The Morgan fingerprint density at radius 3 is 2.83 bits per heavy atom. The average molecular weight is 322 g/mol. The topological polar surface area (TPSA) is 90.6 Å².